The fourth-order valence-electron chi connectivity index (χ4n) is 6.83. The lowest BCUT2D eigenvalue weighted by Crippen LogP contribution is -2.17. The van der Waals surface area contributed by atoms with E-state index in [-0.39, 0.29) is 22.3 Å². The number of rotatable bonds is 4. The molecule has 0 saturated carbocycles. The highest BCUT2D eigenvalue weighted by atomic mass is 16.3. The monoisotopic (exact) mass is 622 g/mol. The molecule has 1 atom stereocenters. The van der Waals surface area contributed by atoms with Crippen LogP contribution in [0.2, 0.25) is 0 Å². The third kappa shape index (κ3) is 6.02. The maximum absolute atomic E-state index is 7.09. The van der Waals surface area contributed by atoms with Crippen molar-refractivity contribution < 1.29 is 4.42 Å². The van der Waals surface area contributed by atoms with Crippen molar-refractivity contribution in [2.75, 3.05) is 0 Å². The van der Waals surface area contributed by atoms with Crippen LogP contribution in [0, 0.1) is 6.92 Å². The number of benzene rings is 5. The second-order valence-electron chi connectivity index (χ2n) is 16.5. The number of aliphatic imine (C=N–C) groups is 2. The summed E-state index contributed by atoms with van der Waals surface area (Å²) in [5, 5.41) is 4.97. The lowest BCUT2D eigenvalue weighted by molar-refractivity contribution is 0.561. The number of hydrogen-bond acceptors (Lipinski definition) is 2. The van der Waals surface area contributed by atoms with Crippen LogP contribution in [0.15, 0.2) is 93.3 Å². The van der Waals surface area contributed by atoms with Crippen LogP contribution >= 0.6 is 0 Å². The highest BCUT2D eigenvalue weighted by Gasteiger charge is 2.31. The normalized spacial score (nSPS) is 14.6. The van der Waals surface area contributed by atoms with Crippen molar-refractivity contribution in [3.8, 4) is 0 Å². The molecule has 6 rings (SSSR count). The van der Waals surface area contributed by atoms with E-state index in [0.29, 0.717) is 0 Å². The molecular weight excluding hydrogens is 572 g/mol. The molecule has 0 radical (unpaired) electrons. The molecule has 1 aromatic heterocycles. The third-order valence-electron chi connectivity index (χ3n) is 9.51. The third-order valence-corrected chi connectivity index (χ3v) is 9.51. The largest absolute Gasteiger partial charge is 0.455 e. The van der Waals surface area contributed by atoms with E-state index in [1.165, 1.54) is 43.8 Å². The summed E-state index contributed by atoms with van der Waals surface area (Å²) in [6.45, 7) is 27.1. The van der Waals surface area contributed by atoms with Gasteiger partial charge in [-0.25, -0.2) is 4.99 Å². The zero-order valence-electron chi connectivity index (χ0n) is 30.4. The Morgan fingerprint density at radius 3 is 1.72 bits per heavy atom. The summed E-state index contributed by atoms with van der Waals surface area (Å²) in [6, 6.07) is 28.3. The highest BCUT2D eigenvalue weighted by Crippen LogP contribution is 2.48. The maximum atomic E-state index is 7.09. The van der Waals surface area contributed by atoms with Crippen molar-refractivity contribution in [3.63, 3.8) is 0 Å². The standard InChI is InChI=1S/C44H50N2O/c1-26-18-20-30(21-19-26)41(45-27(2)29-16-14-13-15-17-29)46-28(3)33-24-34(42(4,5)6)31-22-23-32-35(43(7,8)9)25-36(44(10,11)12)40-38(32)37(31)39(33)47-40/h13-25,27H,1-12H3. The van der Waals surface area contributed by atoms with Crippen LogP contribution in [0.5, 0.6) is 0 Å². The van der Waals surface area contributed by atoms with Gasteiger partial charge < -0.3 is 4.42 Å². The van der Waals surface area contributed by atoms with Gasteiger partial charge in [0.1, 0.15) is 11.2 Å². The van der Waals surface area contributed by atoms with Gasteiger partial charge in [-0.05, 0) is 70.5 Å². The minimum atomic E-state index is -0.0945. The molecule has 3 heteroatoms. The van der Waals surface area contributed by atoms with Crippen molar-refractivity contribution in [2.24, 2.45) is 9.98 Å². The van der Waals surface area contributed by atoms with Gasteiger partial charge in [0, 0.05) is 27.5 Å². The van der Waals surface area contributed by atoms with E-state index >= 15 is 0 Å². The van der Waals surface area contributed by atoms with Crippen molar-refractivity contribution in [2.45, 2.75) is 105 Å². The highest BCUT2D eigenvalue weighted by molar-refractivity contribution is 6.28. The molecule has 1 heterocycles. The molecule has 242 valence electrons. The Bertz CT molecular complexity index is 2140. The van der Waals surface area contributed by atoms with Gasteiger partial charge in [0.15, 0.2) is 5.84 Å². The summed E-state index contributed by atoms with van der Waals surface area (Å²) in [4.78, 5) is 10.6. The van der Waals surface area contributed by atoms with E-state index in [1.807, 2.05) is 6.07 Å². The maximum Gasteiger partial charge on any atom is 0.155 e. The van der Waals surface area contributed by atoms with E-state index in [0.717, 1.165) is 39.4 Å². The van der Waals surface area contributed by atoms with Crippen LogP contribution in [0.1, 0.15) is 121 Å². The van der Waals surface area contributed by atoms with Gasteiger partial charge in [0.25, 0.3) is 0 Å². The summed E-state index contributed by atoms with van der Waals surface area (Å²) in [5.74, 6) is 0.725. The smallest absolute Gasteiger partial charge is 0.155 e. The van der Waals surface area contributed by atoms with Crippen molar-refractivity contribution in [3.05, 3.63) is 118 Å². The zero-order valence-corrected chi connectivity index (χ0v) is 30.4. The molecule has 3 nitrogen and oxygen atoms in total. The molecular formula is C44H50N2O. The van der Waals surface area contributed by atoms with E-state index < -0.39 is 0 Å². The average molecular weight is 623 g/mol. The summed E-state index contributed by atoms with van der Waals surface area (Å²) in [6.07, 6.45) is 0. The summed E-state index contributed by atoms with van der Waals surface area (Å²) >= 11 is 0. The SMILES string of the molecule is CC(=NC(=NC(C)c1ccccc1)c1ccc(C)cc1)c1cc(C(C)(C)C)c2ccc3c(C(C)(C)C)cc(C(C)(C)C)c4oc1c2c34. The molecule has 0 aliphatic rings. The minimum absolute atomic E-state index is 0.0222. The fraction of sp³-hybridized carbons (Fsp3) is 0.364. The molecule has 0 amide bonds. The van der Waals surface area contributed by atoms with Crippen molar-refractivity contribution in [1.29, 1.82) is 0 Å². The molecule has 47 heavy (non-hydrogen) atoms. The number of furan rings is 1. The molecule has 0 aliphatic carbocycles. The van der Waals surface area contributed by atoms with Crippen LogP contribution in [-0.2, 0) is 16.2 Å². The van der Waals surface area contributed by atoms with Crippen molar-refractivity contribution in [1.82, 2.24) is 0 Å². The van der Waals surface area contributed by atoms with E-state index in [9.17, 15) is 0 Å². The van der Waals surface area contributed by atoms with Gasteiger partial charge >= 0.3 is 0 Å². The van der Waals surface area contributed by atoms with Gasteiger partial charge in [-0.1, -0.05) is 141 Å². The first-order valence-electron chi connectivity index (χ1n) is 17.0. The van der Waals surface area contributed by atoms with Crippen LogP contribution in [0.3, 0.4) is 0 Å². The topological polar surface area (TPSA) is 37.9 Å². The second-order valence-corrected chi connectivity index (χ2v) is 16.5. The Kier molecular flexibility index (Phi) is 7.98. The van der Waals surface area contributed by atoms with Gasteiger partial charge in [-0.3, -0.25) is 4.99 Å². The van der Waals surface area contributed by atoms with Crippen LogP contribution in [0.4, 0.5) is 0 Å². The first-order chi connectivity index (χ1) is 21.9. The summed E-state index contributed by atoms with van der Waals surface area (Å²) < 4.78 is 7.09. The minimum Gasteiger partial charge on any atom is -0.455 e. The zero-order chi connectivity index (χ0) is 34.1. The molecule has 0 spiro atoms. The Morgan fingerprint density at radius 2 is 1.17 bits per heavy atom. The molecule has 0 N–H and O–H groups in total. The van der Waals surface area contributed by atoms with Crippen molar-refractivity contribution >= 4 is 44.3 Å². The lowest BCUT2D eigenvalue weighted by Gasteiger charge is -2.27. The van der Waals surface area contributed by atoms with E-state index in [4.69, 9.17) is 14.4 Å². The molecule has 5 aromatic carbocycles. The Morgan fingerprint density at radius 1 is 0.638 bits per heavy atom. The van der Waals surface area contributed by atoms with E-state index in [1.54, 1.807) is 0 Å². The van der Waals surface area contributed by atoms with Gasteiger partial charge in [0.05, 0.1) is 11.8 Å². The molecule has 0 aliphatic heterocycles. The molecule has 0 saturated heterocycles. The number of aryl methyl sites for hydroxylation is 1. The number of hydrogen-bond donors (Lipinski definition) is 0. The molecule has 6 aromatic rings. The lowest BCUT2D eigenvalue weighted by atomic mass is 9.76. The van der Waals surface area contributed by atoms with Crippen LogP contribution in [-0.4, -0.2) is 11.5 Å². The second kappa shape index (κ2) is 11.5. The number of nitrogens with zero attached hydrogens (tertiary/aromatic N) is 2. The fourth-order valence-corrected chi connectivity index (χ4v) is 6.83. The van der Waals surface area contributed by atoms with Gasteiger partial charge in [-0.2, -0.15) is 0 Å². The first-order valence-corrected chi connectivity index (χ1v) is 17.0. The van der Waals surface area contributed by atoms with Crippen LogP contribution in [0.25, 0.3) is 32.7 Å². The quantitative estimate of drug-likeness (QED) is 0.109. The molecule has 0 fully saturated rings. The van der Waals surface area contributed by atoms with E-state index in [2.05, 4.69) is 156 Å². The average Bonchev–Trinajstić information content (AvgIpc) is 3.39. The van der Waals surface area contributed by atoms with Gasteiger partial charge in [-0.15, -0.1) is 0 Å². The number of amidine groups is 1. The Hall–Kier alpha value is -4.24. The molecule has 0 bridgehead atoms. The Labute approximate surface area is 281 Å². The van der Waals surface area contributed by atoms with Crippen LogP contribution < -0.4 is 0 Å². The van der Waals surface area contributed by atoms with Gasteiger partial charge in [0.2, 0.25) is 0 Å². The summed E-state index contributed by atoms with van der Waals surface area (Å²) in [5.41, 5.74) is 10.9. The predicted molar refractivity (Wildman–Crippen MR) is 203 cm³/mol. The first kappa shape index (κ1) is 32.7. The molecule has 1 unspecified atom stereocenters. The Balaban J connectivity index is 1.69. The predicted octanol–water partition coefficient (Wildman–Crippen LogP) is 12.4. The summed E-state index contributed by atoms with van der Waals surface area (Å²) in [7, 11) is 0.